The lowest BCUT2D eigenvalue weighted by Crippen LogP contribution is -2.10. The Labute approximate surface area is 171 Å². The maximum Gasteiger partial charge on any atom is 0.307 e. The topological polar surface area (TPSA) is 76.2 Å². The first kappa shape index (κ1) is 19.6. The number of fused-ring (bicyclic) bond motifs is 1. The van der Waals surface area contributed by atoms with Gasteiger partial charge in [-0.1, -0.05) is 49.7 Å². The van der Waals surface area contributed by atoms with Crippen LogP contribution in [0.15, 0.2) is 42.5 Å². The Morgan fingerprint density at radius 3 is 2.52 bits per heavy atom. The van der Waals surface area contributed by atoms with Crippen LogP contribution < -0.4 is 5.73 Å². The molecule has 3 aromatic rings. The molecular formula is C25H28N2O2. The molecule has 1 heterocycles. The fourth-order valence-electron chi connectivity index (χ4n) is 4.26. The molecule has 0 radical (unpaired) electrons. The van der Waals surface area contributed by atoms with Gasteiger partial charge in [-0.2, -0.15) is 0 Å². The van der Waals surface area contributed by atoms with Gasteiger partial charge in [0, 0.05) is 17.6 Å². The van der Waals surface area contributed by atoms with E-state index < -0.39 is 5.97 Å². The van der Waals surface area contributed by atoms with Gasteiger partial charge in [-0.05, 0) is 66.0 Å². The molecular weight excluding hydrogens is 360 g/mol. The Hall–Kier alpha value is -2.72. The van der Waals surface area contributed by atoms with Crippen molar-refractivity contribution in [1.29, 1.82) is 0 Å². The average molecular weight is 389 g/mol. The maximum atomic E-state index is 11.3. The second-order valence-corrected chi connectivity index (χ2v) is 8.64. The Bertz CT molecular complexity index is 1070. The number of benzene rings is 2. The molecule has 4 heteroatoms. The van der Waals surface area contributed by atoms with E-state index in [0.717, 1.165) is 45.3 Å². The zero-order chi connectivity index (χ0) is 20.7. The molecule has 3 N–H and O–H groups in total. The number of carboxylic acid groups (broad SMARTS) is 1. The molecule has 1 aromatic heterocycles. The molecule has 0 amide bonds. The highest BCUT2D eigenvalue weighted by molar-refractivity contribution is 5.97. The van der Waals surface area contributed by atoms with Crippen LogP contribution in [0.3, 0.4) is 0 Å². The third kappa shape index (κ3) is 3.77. The van der Waals surface area contributed by atoms with E-state index in [-0.39, 0.29) is 11.8 Å². The van der Waals surface area contributed by atoms with Crippen molar-refractivity contribution in [3.8, 4) is 11.1 Å². The molecule has 1 saturated carbocycles. The number of nitrogens with two attached hydrogens (primary N) is 1. The number of carboxylic acids is 1. The standard InChI is InChI=1S/C25H28N2O2/c1-14(2)10-23-21(13-26)24(16-6-4-15(3)5-7-16)20-11-17(8-9-22(20)27-23)18-12-19(18)25(28)29/h4-9,11,14,18-19H,10,12-13,26H2,1-3H3,(H,28,29). The highest BCUT2D eigenvalue weighted by Crippen LogP contribution is 2.48. The minimum Gasteiger partial charge on any atom is -0.481 e. The van der Waals surface area contributed by atoms with Crippen molar-refractivity contribution in [3.05, 3.63) is 64.8 Å². The van der Waals surface area contributed by atoms with Crippen LogP contribution in [0, 0.1) is 18.8 Å². The van der Waals surface area contributed by atoms with Gasteiger partial charge in [0.25, 0.3) is 0 Å². The lowest BCUT2D eigenvalue weighted by atomic mass is 9.90. The smallest absolute Gasteiger partial charge is 0.307 e. The number of hydrogen-bond donors (Lipinski definition) is 2. The van der Waals surface area contributed by atoms with Crippen LogP contribution in [0.25, 0.3) is 22.0 Å². The molecule has 1 aliphatic rings. The summed E-state index contributed by atoms with van der Waals surface area (Å²) < 4.78 is 0. The van der Waals surface area contributed by atoms with Crippen LogP contribution in [-0.2, 0) is 17.8 Å². The van der Waals surface area contributed by atoms with Gasteiger partial charge in [0.2, 0.25) is 0 Å². The number of carbonyl (C=O) groups is 1. The third-order valence-electron chi connectivity index (χ3n) is 5.88. The summed E-state index contributed by atoms with van der Waals surface area (Å²) in [5.41, 5.74) is 13.9. The predicted octanol–water partition coefficient (Wildman–Crippen LogP) is 5.06. The minimum atomic E-state index is -0.707. The van der Waals surface area contributed by atoms with E-state index in [0.29, 0.717) is 18.9 Å². The zero-order valence-electron chi connectivity index (χ0n) is 17.3. The van der Waals surface area contributed by atoms with Crippen molar-refractivity contribution in [3.63, 3.8) is 0 Å². The number of rotatable bonds is 6. The summed E-state index contributed by atoms with van der Waals surface area (Å²) in [6.45, 7) is 6.90. The minimum absolute atomic E-state index is 0.0967. The number of aryl methyl sites for hydroxylation is 1. The third-order valence-corrected chi connectivity index (χ3v) is 5.88. The lowest BCUT2D eigenvalue weighted by Gasteiger charge is -2.18. The molecule has 4 nitrogen and oxygen atoms in total. The summed E-state index contributed by atoms with van der Waals surface area (Å²) in [6.07, 6.45) is 1.59. The quantitative estimate of drug-likeness (QED) is 0.619. The largest absolute Gasteiger partial charge is 0.481 e. The number of aromatic nitrogens is 1. The van der Waals surface area contributed by atoms with Crippen LogP contribution in [0.2, 0.25) is 0 Å². The zero-order valence-corrected chi connectivity index (χ0v) is 17.3. The van der Waals surface area contributed by atoms with Crippen LogP contribution in [0.1, 0.15) is 48.6 Å². The Balaban J connectivity index is 1.94. The van der Waals surface area contributed by atoms with Gasteiger partial charge >= 0.3 is 5.97 Å². The van der Waals surface area contributed by atoms with E-state index in [1.807, 2.05) is 12.1 Å². The van der Waals surface area contributed by atoms with E-state index in [1.165, 1.54) is 5.56 Å². The molecule has 0 spiro atoms. The first-order chi connectivity index (χ1) is 13.9. The van der Waals surface area contributed by atoms with Crippen molar-refractivity contribution in [2.45, 2.75) is 46.1 Å². The molecule has 29 heavy (non-hydrogen) atoms. The summed E-state index contributed by atoms with van der Waals surface area (Å²) in [7, 11) is 0. The summed E-state index contributed by atoms with van der Waals surface area (Å²) in [4.78, 5) is 16.3. The van der Waals surface area contributed by atoms with Gasteiger partial charge in [-0.25, -0.2) is 0 Å². The van der Waals surface area contributed by atoms with Crippen molar-refractivity contribution in [1.82, 2.24) is 4.98 Å². The number of pyridine rings is 1. The fourth-order valence-corrected chi connectivity index (χ4v) is 4.26. The van der Waals surface area contributed by atoms with E-state index in [2.05, 4.69) is 51.1 Å². The van der Waals surface area contributed by atoms with Gasteiger partial charge < -0.3 is 10.8 Å². The van der Waals surface area contributed by atoms with Crippen molar-refractivity contribution < 1.29 is 9.90 Å². The molecule has 1 fully saturated rings. The first-order valence-electron chi connectivity index (χ1n) is 10.3. The summed E-state index contributed by atoms with van der Waals surface area (Å²) in [5, 5.41) is 10.4. The lowest BCUT2D eigenvalue weighted by molar-refractivity contribution is -0.138. The highest BCUT2D eigenvalue weighted by Gasteiger charge is 2.44. The molecule has 0 bridgehead atoms. The van der Waals surface area contributed by atoms with Crippen LogP contribution >= 0.6 is 0 Å². The van der Waals surface area contributed by atoms with Crippen molar-refractivity contribution >= 4 is 16.9 Å². The van der Waals surface area contributed by atoms with Crippen molar-refractivity contribution in [2.75, 3.05) is 0 Å². The van der Waals surface area contributed by atoms with Gasteiger partial charge in [-0.15, -0.1) is 0 Å². The van der Waals surface area contributed by atoms with E-state index >= 15 is 0 Å². The van der Waals surface area contributed by atoms with Crippen LogP contribution in [0.5, 0.6) is 0 Å². The Morgan fingerprint density at radius 2 is 1.93 bits per heavy atom. The second kappa shape index (κ2) is 7.60. The molecule has 2 atom stereocenters. The highest BCUT2D eigenvalue weighted by atomic mass is 16.4. The number of aliphatic carboxylic acids is 1. The summed E-state index contributed by atoms with van der Waals surface area (Å²) in [6, 6.07) is 14.8. The SMILES string of the molecule is Cc1ccc(-c2c(CN)c(CC(C)C)nc3ccc(C4CC4C(=O)O)cc23)cc1. The molecule has 0 aliphatic heterocycles. The van der Waals surface area contributed by atoms with E-state index in [9.17, 15) is 9.90 Å². The van der Waals surface area contributed by atoms with Crippen LogP contribution in [-0.4, -0.2) is 16.1 Å². The molecule has 4 rings (SSSR count). The van der Waals surface area contributed by atoms with Crippen LogP contribution in [0.4, 0.5) is 0 Å². The summed E-state index contributed by atoms with van der Waals surface area (Å²) >= 11 is 0. The molecule has 150 valence electrons. The summed E-state index contributed by atoms with van der Waals surface area (Å²) in [5.74, 6) is -0.392. The van der Waals surface area contributed by atoms with E-state index in [4.69, 9.17) is 10.7 Å². The van der Waals surface area contributed by atoms with Gasteiger partial charge in [0.1, 0.15) is 0 Å². The van der Waals surface area contributed by atoms with Gasteiger partial charge in [0.05, 0.1) is 11.4 Å². The Morgan fingerprint density at radius 1 is 1.21 bits per heavy atom. The molecule has 2 unspecified atom stereocenters. The van der Waals surface area contributed by atoms with Gasteiger partial charge in [-0.3, -0.25) is 9.78 Å². The average Bonchev–Trinajstić information content (AvgIpc) is 3.48. The first-order valence-corrected chi connectivity index (χ1v) is 10.3. The Kier molecular flexibility index (Phi) is 5.13. The second-order valence-electron chi connectivity index (χ2n) is 8.64. The normalized spacial score (nSPS) is 18.4. The predicted molar refractivity (Wildman–Crippen MR) is 117 cm³/mol. The maximum absolute atomic E-state index is 11.3. The van der Waals surface area contributed by atoms with Crippen molar-refractivity contribution in [2.24, 2.45) is 17.6 Å². The number of nitrogens with zero attached hydrogens (tertiary/aromatic N) is 1. The fraction of sp³-hybridized carbons (Fsp3) is 0.360. The van der Waals surface area contributed by atoms with Gasteiger partial charge in [0.15, 0.2) is 0 Å². The monoisotopic (exact) mass is 388 g/mol. The molecule has 0 saturated heterocycles. The molecule has 2 aromatic carbocycles. The van der Waals surface area contributed by atoms with E-state index in [1.54, 1.807) is 0 Å². The molecule has 1 aliphatic carbocycles. The number of hydrogen-bond acceptors (Lipinski definition) is 3.